The van der Waals surface area contributed by atoms with Crippen molar-refractivity contribution in [3.05, 3.63) is 28.7 Å². The highest BCUT2D eigenvalue weighted by Crippen LogP contribution is 2.37. The fourth-order valence-corrected chi connectivity index (χ4v) is 3.49. The first-order valence-corrected chi connectivity index (χ1v) is 7.00. The van der Waals surface area contributed by atoms with Gasteiger partial charge in [-0.25, -0.2) is 0 Å². The molecule has 0 radical (unpaired) electrons. The second kappa shape index (κ2) is 4.98. The van der Waals surface area contributed by atoms with E-state index in [2.05, 4.69) is 4.90 Å². The van der Waals surface area contributed by atoms with E-state index in [1.54, 1.807) is 16.8 Å². The number of rotatable bonds is 3. The van der Waals surface area contributed by atoms with Gasteiger partial charge in [-0.3, -0.25) is 4.79 Å². The summed E-state index contributed by atoms with van der Waals surface area (Å²) in [5.74, 6) is 1.09. The zero-order chi connectivity index (χ0) is 13.4. The quantitative estimate of drug-likeness (QED) is 0.813. The molecule has 3 rings (SSSR count). The summed E-state index contributed by atoms with van der Waals surface area (Å²) >= 11 is 0. The molecule has 1 aromatic heterocycles. The molecule has 104 valence electrons. The lowest BCUT2D eigenvalue weighted by Gasteiger charge is -2.18. The number of nitrogens with two attached hydrogens (primary N) is 1. The van der Waals surface area contributed by atoms with Crippen LogP contribution < -0.4 is 11.3 Å². The minimum atomic E-state index is -0.120. The first-order valence-electron chi connectivity index (χ1n) is 7.00. The van der Waals surface area contributed by atoms with Gasteiger partial charge in [-0.05, 0) is 24.8 Å². The fraction of sp³-hybridized carbons (Fsp3) is 0.643. The van der Waals surface area contributed by atoms with Crippen LogP contribution in [0.1, 0.15) is 12.8 Å². The molecule has 3 unspecified atom stereocenters. The van der Waals surface area contributed by atoms with Gasteiger partial charge in [0.1, 0.15) is 0 Å². The number of hydrogen-bond acceptors (Lipinski definition) is 4. The van der Waals surface area contributed by atoms with Crippen LogP contribution >= 0.6 is 0 Å². The molecule has 2 aliphatic rings. The van der Waals surface area contributed by atoms with E-state index < -0.39 is 0 Å². The molecular formula is C14H21N3O2. The van der Waals surface area contributed by atoms with Crippen molar-refractivity contribution in [1.82, 2.24) is 9.47 Å². The zero-order valence-electron chi connectivity index (χ0n) is 11.0. The lowest BCUT2D eigenvalue weighted by molar-refractivity contribution is 0.124. The molecular weight excluding hydrogens is 242 g/mol. The average Bonchev–Trinajstić information content (AvgIpc) is 2.93. The van der Waals surface area contributed by atoms with E-state index in [4.69, 9.17) is 5.73 Å². The highest BCUT2D eigenvalue weighted by atomic mass is 16.3. The van der Waals surface area contributed by atoms with Crippen molar-refractivity contribution < 1.29 is 5.11 Å². The minimum Gasteiger partial charge on any atom is -0.398 e. The molecule has 3 N–H and O–H groups in total. The van der Waals surface area contributed by atoms with Crippen LogP contribution in [0.5, 0.6) is 0 Å². The van der Waals surface area contributed by atoms with E-state index in [-0.39, 0.29) is 11.7 Å². The van der Waals surface area contributed by atoms with Crippen molar-refractivity contribution in [2.45, 2.75) is 25.5 Å². The maximum atomic E-state index is 11.7. The molecule has 1 saturated carbocycles. The Hall–Kier alpha value is -1.33. The molecule has 1 aliphatic carbocycles. The SMILES string of the molecule is Nc1ccc(=O)n(CCN2CC3CCC(O)C3C2)c1. The van der Waals surface area contributed by atoms with Crippen LogP contribution in [-0.2, 0) is 6.54 Å². The fourth-order valence-electron chi connectivity index (χ4n) is 3.49. The van der Waals surface area contributed by atoms with Gasteiger partial charge in [0.05, 0.1) is 6.10 Å². The second-order valence-electron chi connectivity index (χ2n) is 5.82. The first kappa shape index (κ1) is 12.7. The van der Waals surface area contributed by atoms with Crippen molar-refractivity contribution in [1.29, 1.82) is 0 Å². The highest BCUT2D eigenvalue weighted by Gasteiger charge is 2.41. The number of aromatic nitrogens is 1. The van der Waals surface area contributed by atoms with E-state index in [1.165, 1.54) is 6.07 Å². The number of aliphatic hydroxyl groups is 1. The molecule has 0 amide bonds. The molecule has 5 heteroatoms. The van der Waals surface area contributed by atoms with Gasteiger partial charge in [-0.15, -0.1) is 0 Å². The molecule has 3 atom stereocenters. The maximum Gasteiger partial charge on any atom is 0.250 e. The first-order chi connectivity index (χ1) is 9.13. The van der Waals surface area contributed by atoms with Crippen molar-refractivity contribution >= 4 is 5.69 Å². The Morgan fingerprint density at radius 2 is 2.11 bits per heavy atom. The number of aliphatic hydroxyl groups excluding tert-OH is 1. The number of hydrogen-bond donors (Lipinski definition) is 2. The highest BCUT2D eigenvalue weighted by molar-refractivity contribution is 5.33. The van der Waals surface area contributed by atoms with Gasteiger partial charge in [-0.2, -0.15) is 0 Å². The summed E-state index contributed by atoms with van der Waals surface area (Å²) in [5.41, 5.74) is 6.31. The number of pyridine rings is 1. The molecule has 1 aromatic rings. The number of fused-ring (bicyclic) bond motifs is 1. The van der Waals surface area contributed by atoms with E-state index in [1.807, 2.05) is 0 Å². The Morgan fingerprint density at radius 3 is 2.89 bits per heavy atom. The summed E-state index contributed by atoms with van der Waals surface area (Å²) in [6.45, 7) is 3.53. The smallest absolute Gasteiger partial charge is 0.250 e. The number of nitrogen functional groups attached to an aromatic ring is 1. The van der Waals surface area contributed by atoms with E-state index in [9.17, 15) is 9.90 Å². The molecule has 2 heterocycles. The molecule has 1 saturated heterocycles. The summed E-state index contributed by atoms with van der Waals surface area (Å²) < 4.78 is 1.67. The summed E-state index contributed by atoms with van der Waals surface area (Å²) in [6.07, 6.45) is 3.68. The van der Waals surface area contributed by atoms with Gasteiger partial charge >= 0.3 is 0 Å². The minimum absolute atomic E-state index is 0.00590. The summed E-state index contributed by atoms with van der Waals surface area (Å²) in [5, 5.41) is 9.88. The molecule has 0 aromatic carbocycles. The normalized spacial score (nSPS) is 30.7. The average molecular weight is 263 g/mol. The van der Waals surface area contributed by atoms with Crippen LogP contribution in [0.25, 0.3) is 0 Å². The third-order valence-corrected chi connectivity index (χ3v) is 4.56. The topological polar surface area (TPSA) is 71.5 Å². The van der Waals surface area contributed by atoms with Crippen LogP contribution in [0.15, 0.2) is 23.1 Å². The van der Waals surface area contributed by atoms with Crippen LogP contribution in [0, 0.1) is 11.8 Å². The van der Waals surface area contributed by atoms with Crippen molar-refractivity contribution in [3.8, 4) is 0 Å². The van der Waals surface area contributed by atoms with Crippen LogP contribution in [0.2, 0.25) is 0 Å². The van der Waals surface area contributed by atoms with Gasteiger partial charge in [-0.1, -0.05) is 0 Å². The third-order valence-electron chi connectivity index (χ3n) is 4.56. The number of likely N-dealkylation sites (tertiary alicyclic amines) is 1. The lowest BCUT2D eigenvalue weighted by Crippen LogP contribution is -2.31. The van der Waals surface area contributed by atoms with Crippen LogP contribution in [0.4, 0.5) is 5.69 Å². The van der Waals surface area contributed by atoms with E-state index >= 15 is 0 Å². The summed E-state index contributed by atoms with van der Waals surface area (Å²) in [7, 11) is 0. The van der Waals surface area contributed by atoms with Gasteiger partial charge in [0.2, 0.25) is 0 Å². The molecule has 19 heavy (non-hydrogen) atoms. The third kappa shape index (κ3) is 2.53. The van der Waals surface area contributed by atoms with Crippen molar-refractivity contribution in [2.24, 2.45) is 11.8 Å². The number of nitrogens with zero attached hydrogens (tertiary/aromatic N) is 2. The van der Waals surface area contributed by atoms with Gasteiger partial charge in [0, 0.05) is 50.0 Å². The largest absolute Gasteiger partial charge is 0.398 e. The summed E-state index contributed by atoms with van der Waals surface area (Å²) in [6, 6.07) is 3.15. The Bertz CT molecular complexity index is 514. The van der Waals surface area contributed by atoms with Crippen molar-refractivity contribution in [2.75, 3.05) is 25.4 Å². The zero-order valence-corrected chi connectivity index (χ0v) is 11.0. The predicted octanol–water partition coefficient (Wildman–Crippen LogP) is 0.133. The second-order valence-corrected chi connectivity index (χ2v) is 5.82. The maximum absolute atomic E-state index is 11.7. The Labute approximate surface area is 112 Å². The number of anilines is 1. The molecule has 1 aliphatic heterocycles. The lowest BCUT2D eigenvalue weighted by atomic mass is 10.00. The molecule has 2 fully saturated rings. The van der Waals surface area contributed by atoms with Gasteiger partial charge in [0.15, 0.2) is 0 Å². The van der Waals surface area contributed by atoms with Gasteiger partial charge < -0.3 is 20.3 Å². The van der Waals surface area contributed by atoms with Gasteiger partial charge in [0.25, 0.3) is 5.56 Å². The van der Waals surface area contributed by atoms with Crippen LogP contribution in [0.3, 0.4) is 0 Å². The van der Waals surface area contributed by atoms with E-state index in [0.717, 1.165) is 32.5 Å². The van der Waals surface area contributed by atoms with Crippen molar-refractivity contribution in [3.63, 3.8) is 0 Å². The van der Waals surface area contributed by atoms with E-state index in [0.29, 0.717) is 24.1 Å². The molecule has 5 nitrogen and oxygen atoms in total. The molecule has 0 bridgehead atoms. The molecule has 0 spiro atoms. The van der Waals surface area contributed by atoms with Crippen LogP contribution in [-0.4, -0.2) is 40.3 Å². The standard InChI is InChI=1S/C14H21N3O2/c15-11-2-4-14(19)17(8-11)6-5-16-7-10-1-3-13(18)12(10)9-16/h2,4,8,10,12-13,18H,1,3,5-7,9,15H2. The Kier molecular flexibility index (Phi) is 3.33. The predicted molar refractivity (Wildman–Crippen MR) is 73.8 cm³/mol. The summed E-state index contributed by atoms with van der Waals surface area (Å²) in [4.78, 5) is 14.0. The monoisotopic (exact) mass is 263 g/mol. The Morgan fingerprint density at radius 1 is 1.26 bits per heavy atom. The Balaban J connectivity index is 1.59.